The molecule has 0 spiro atoms. The molecule has 1 atom stereocenters. The van der Waals surface area contributed by atoms with Crippen LogP contribution in [0.15, 0.2) is 39.3 Å². The third-order valence-corrected chi connectivity index (χ3v) is 4.61. The number of amides is 1. The molecular weight excluding hydrogens is 358 g/mol. The Morgan fingerprint density at radius 1 is 1.14 bits per heavy atom. The maximum Gasteiger partial charge on any atom is 0.277 e. The van der Waals surface area contributed by atoms with Gasteiger partial charge in [-0.15, -0.1) is 10.2 Å². The maximum atomic E-state index is 12.3. The summed E-state index contributed by atoms with van der Waals surface area (Å²) in [4.78, 5) is 15.1. The molecular formula is C20H26N5O3+. The van der Waals surface area contributed by atoms with Crippen LogP contribution in [0.2, 0.25) is 0 Å². The van der Waals surface area contributed by atoms with Gasteiger partial charge in [0.25, 0.3) is 17.7 Å². The highest BCUT2D eigenvalue weighted by atomic mass is 16.5. The van der Waals surface area contributed by atoms with Crippen LogP contribution < -0.4 is 4.90 Å². The van der Waals surface area contributed by atoms with Gasteiger partial charge in [-0.05, 0) is 20.8 Å². The number of benzene rings is 1. The fraction of sp³-hybridized carbons (Fsp3) is 0.400. The van der Waals surface area contributed by atoms with Crippen LogP contribution in [-0.2, 0) is 11.3 Å². The number of carbonyl (C=O) groups excluding carboxylic acids is 1. The van der Waals surface area contributed by atoms with Crippen molar-refractivity contribution in [3.63, 3.8) is 0 Å². The van der Waals surface area contributed by atoms with E-state index in [4.69, 9.17) is 8.94 Å². The van der Waals surface area contributed by atoms with Crippen LogP contribution in [0.4, 0.5) is 0 Å². The number of rotatable bonds is 8. The van der Waals surface area contributed by atoms with Crippen LogP contribution in [-0.4, -0.2) is 52.8 Å². The Morgan fingerprint density at radius 2 is 1.86 bits per heavy atom. The normalized spacial score (nSPS) is 12.1. The number of nitrogens with one attached hydrogen (secondary N) is 1. The number of hydrogen-bond donors (Lipinski definition) is 1. The van der Waals surface area contributed by atoms with Gasteiger partial charge in [-0.3, -0.25) is 4.79 Å². The molecule has 2 aromatic heterocycles. The molecule has 0 aliphatic carbocycles. The van der Waals surface area contributed by atoms with Crippen molar-refractivity contribution < 1.29 is 18.6 Å². The molecule has 8 heteroatoms. The molecule has 1 unspecified atom stereocenters. The Balaban J connectivity index is 1.75. The third-order valence-electron chi connectivity index (χ3n) is 4.61. The number of aromatic nitrogens is 3. The fourth-order valence-electron chi connectivity index (χ4n) is 3.11. The average Bonchev–Trinajstić information content (AvgIpc) is 3.29. The topological polar surface area (TPSA) is 89.7 Å². The molecule has 0 aliphatic rings. The predicted molar refractivity (Wildman–Crippen MR) is 103 cm³/mol. The van der Waals surface area contributed by atoms with Crippen LogP contribution in [0, 0.1) is 6.92 Å². The van der Waals surface area contributed by atoms with Crippen LogP contribution in [0.5, 0.6) is 0 Å². The minimum absolute atomic E-state index is 0.114. The van der Waals surface area contributed by atoms with Gasteiger partial charge < -0.3 is 18.7 Å². The SMILES string of the molecule is CCN(CC)C(=O)C[NH+](C)Cc1nnc(-c2c(-c3ccccc3)noc2C)o1. The van der Waals surface area contributed by atoms with Crippen molar-refractivity contribution in [2.75, 3.05) is 26.7 Å². The first-order chi connectivity index (χ1) is 13.5. The Labute approximate surface area is 164 Å². The van der Waals surface area contributed by atoms with Crippen molar-refractivity contribution in [2.24, 2.45) is 0 Å². The Kier molecular flexibility index (Phi) is 6.20. The lowest BCUT2D eigenvalue weighted by Gasteiger charge is -2.20. The quantitative estimate of drug-likeness (QED) is 0.634. The van der Waals surface area contributed by atoms with Gasteiger partial charge in [-0.2, -0.15) is 0 Å². The van der Waals surface area contributed by atoms with Gasteiger partial charge in [-0.1, -0.05) is 35.5 Å². The average molecular weight is 384 g/mol. The number of aryl methyl sites for hydroxylation is 1. The zero-order valence-electron chi connectivity index (χ0n) is 16.7. The van der Waals surface area contributed by atoms with E-state index in [2.05, 4.69) is 15.4 Å². The predicted octanol–water partition coefficient (Wildman–Crippen LogP) is 1.58. The molecule has 2 heterocycles. The van der Waals surface area contributed by atoms with Crippen molar-refractivity contribution >= 4 is 5.91 Å². The summed E-state index contributed by atoms with van der Waals surface area (Å²) < 4.78 is 11.2. The van der Waals surface area contributed by atoms with Crippen molar-refractivity contribution in [1.29, 1.82) is 0 Å². The van der Waals surface area contributed by atoms with Crippen LogP contribution >= 0.6 is 0 Å². The summed E-state index contributed by atoms with van der Waals surface area (Å²) in [5.74, 6) is 1.57. The minimum Gasteiger partial charge on any atom is -0.415 e. The number of nitrogens with zero attached hydrogens (tertiary/aromatic N) is 4. The molecule has 0 bridgehead atoms. The van der Waals surface area contributed by atoms with E-state index in [1.165, 1.54) is 0 Å². The Hall–Kier alpha value is -3.00. The number of quaternary nitrogens is 1. The molecule has 0 radical (unpaired) electrons. The molecule has 148 valence electrons. The first-order valence-corrected chi connectivity index (χ1v) is 9.47. The zero-order chi connectivity index (χ0) is 20.1. The number of carbonyl (C=O) groups is 1. The van der Waals surface area contributed by atoms with E-state index in [0.29, 0.717) is 55.0 Å². The van der Waals surface area contributed by atoms with Crippen molar-refractivity contribution in [2.45, 2.75) is 27.3 Å². The van der Waals surface area contributed by atoms with E-state index in [1.807, 2.05) is 63.1 Å². The van der Waals surface area contributed by atoms with Crippen molar-refractivity contribution in [3.8, 4) is 22.7 Å². The molecule has 1 aromatic carbocycles. The van der Waals surface area contributed by atoms with E-state index in [9.17, 15) is 4.79 Å². The monoisotopic (exact) mass is 384 g/mol. The van der Waals surface area contributed by atoms with Gasteiger partial charge in [0.1, 0.15) is 17.0 Å². The van der Waals surface area contributed by atoms with Crippen molar-refractivity contribution in [3.05, 3.63) is 42.0 Å². The molecule has 0 saturated carbocycles. The van der Waals surface area contributed by atoms with E-state index in [-0.39, 0.29) is 5.91 Å². The summed E-state index contributed by atoms with van der Waals surface area (Å²) in [7, 11) is 1.94. The Bertz CT molecular complexity index is 915. The van der Waals surface area contributed by atoms with Gasteiger partial charge in [0.2, 0.25) is 0 Å². The molecule has 3 aromatic rings. The lowest BCUT2D eigenvalue weighted by Crippen LogP contribution is -3.09. The second-order valence-electron chi connectivity index (χ2n) is 6.71. The third kappa shape index (κ3) is 4.28. The molecule has 0 aliphatic heterocycles. The minimum atomic E-state index is 0.114. The molecule has 0 fully saturated rings. The lowest BCUT2D eigenvalue weighted by atomic mass is 10.1. The highest BCUT2D eigenvalue weighted by molar-refractivity contribution is 5.78. The second-order valence-corrected chi connectivity index (χ2v) is 6.71. The second kappa shape index (κ2) is 8.79. The first-order valence-electron chi connectivity index (χ1n) is 9.47. The smallest absolute Gasteiger partial charge is 0.277 e. The van der Waals surface area contributed by atoms with E-state index < -0.39 is 0 Å². The van der Waals surface area contributed by atoms with E-state index in [0.717, 1.165) is 10.5 Å². The molecule has 28 heavy (non-hydrogen) atoms. The highest BCUT2D eigenvalue weighted by Gasteiger charge is 2.23. The number of likely N-dealkylation sites (N-methyl/N-ethyl adjacent to an activating group) is 2. The van der Waals surface area contributed by atoms with E-state index >= 15 is 0 Å². The van der Waals surface area contributed by atoms with Crippen LogP contribution in [0.3, 0.4) is 0 Å². The van der Waals surface area contributed by atoms with E-state index in [1.54, 1.807) is 0 Å². The van der Waals surface area contributed by atoms with Gasteiger partial charge in [0, 0.05) is 18.7 Å². The largest absolute Gasteiger partial charge is 0.415 e. The van der Waals surface area contributed by atoms with Gasteiger partial charge in [0.05, 0.1) is 7.05 Å². The summed E-state index contributed by atoms with van der Waals surface area (Å²) in [6.07, 6.45) is 0. The lowest BCUT2D eigenvalue weighted by molar-refractivity contribution is -0.887. The molecule has 1 amide bonds. The summed E-state index contributed by atoms with van der Waals surface area (Å²) in [6, 6.07) is 9.73. The molecule has 8 nitrogen and oxygen atoms in total. The molecule has 3 rings (SSSR count). The van der Waals surface area contributed by atoms with Crippen LogP contribution in [0.25, 0.3) is 22.7 Å². The van der Waals surface area contributed by atoms with Gasteiger partial charge >= 0.3 is 0 Å². The summed E-state index contributed by atoms with van der Waals surface area (Å²) in [5.41, 5.74) is 2.29. The van der Waals surface area contributed by atoms with Crippen molar-refractivity contribution in [1.82, 2.24) is 20.3 Å². The van der Waals surface area contributed by atoms with Crippen LogP contribution in [0.1, 0.15) is 25.5 Å². The first kappa shape index (κ1) is 19.8. The summed E-state index contributed by atoms with van der Waals surface area (Å²) >= 11 is 0. The van der Waals surface area contributed by atoms with Gasteiger partial charge in [0.15, 0.2) is 13.1 Å². The van der Waals surface area contributed by atoms with Gasteiger partial charge in [-0.25, -0.2) is 0 Å². The molecule has 1 N–H and O–H groups in total. The number of hydrogen-bond acceptors (Lipinski definition) is 6. The standard InChI is InChI=1S/C20H25N5O3/c1-5-25(6-2)17(26)13-24(4)12-16-21-22-20(27-16)18-14(3)28-23-19(18)15-10-8-7-9-11-15/h7-11H,5-6,12-13H2,1-4H3/p+1. The fourth-order valence-corrected chi connectivity index (χ4v) is 3.11. The summed E-state index contributed by atoms with van der Waals surface area (Å²) in [6.45, 7) is 8.04. The maximum absolute atomic E-state index is 12.3. The zero-order valence-corrected chi connectivity index (χ0v) is 16.7. The highest BCUT2D eigenvalue weighted by Crippen LogP contribution is 2.33. The summed E-state index contributed by atoms with van der Waals surface area (Å²) in [5, 5.41) is 12.5. The molecule has 0 saturated heterocycles. The Morgan fingerprint density at radius 3 is 2.54 bits per heavy atom.